The van der Waals surface area contributed by atoms with Crippen molar-refractivity contribution in [1.29, 1.82) is 0 Å². The number of hydrogen-bond acceptors (Lipinski definition) is 2. The van der Waals surface area contributed by atoms with Crippen LogP contribution in [0.3, 0.4) is 0 Å². The molecule has 104 valence electrons. The van der Waals surface area contributed by atoms with Gasteiger partial charge in [0.05, 0.1) is 10.0 Å². The van der Waals surface area contributed by atoms with Crippen LogP contribution in [0.2, 0.25) is 10.0 Å². The van der Waals surface area contributed by atoms with Gasteiger partial charge in [0.1, 0.15) is 5.75 Å². The third kappa shape index (κ3) is 2.48. The zero-order chi connectivity index (χ0) is 15.0. The number of halogens is 2. The summed E-state index contributed by atoms with van der Waals surface area (Å²) in [6.45, 7) is 0. The van der Waals surface area contributed by atoms with Gasteiger partial charge in [0.15, 0.2) is 6.29 Å². The van der Waals surface area contributed by atoms with Crippen LogP contribution in [-0.2, 0) is 0 Å². The Bertz CT molecular complexity index is 857. The molecule has 0 bridgehead atoms. The van der Waals surface area contributed by atoms with Crippen molar-refractivity contribution in [3.8, 4) is 16.9 Å². The van der Waals surface area contributed by atoms with Gasteiger partial charge in [-0.05, 0) is 40.8 Å². The van der Waals surface area contributed by atoms with Crippen molar-refractivity contribution in [2.24, 2.45) is 0 Å². The van der Waals surface area contributed by atoms with Gasteiger partial charge < -0.3 is 5.11 Å². The molecule has 0 saturated heterocycles. The minimum Gasteiger partial charge on any atom is -0.506 e. The first-order chi connectivity index (χ1) is 10.1. The van der Waals surface area contributed by atoms with E-state index in [0.29, 0.717) is 15.6 Å². The Kier molecular flexibility index (Phi) is 3.58. The molecule has 0 amide bonds. The predicted molar refractivity (Wildman–Crippen MR) is 86.5 cm³/mol. The van der Waals surface area contributed by atoms with Crippen LogP contribution in [-0.4, -0.2) is 11.4 Å². The molecule has 0 heterocycles. The second-order valence-electron chi connectivity index (χ2n) is 4.69. The second kappa shape index (κ2) is 5.40. The summed E-state index contributed by atoms with van der Waals surface area (Å²) >= 11 is 12.1. The number of carbonyl (C=O) groups is 1. The van der Waals surface area contributed by atoms with Crippen LogP contribution >= 0.6 is 23.2 Å². The summed E-state index contributed by atoms with van der Waals surface area (Å²) in [5, 5.41) is 12.0. The van der Waals surface area contributed by atoms with Gasteiger partial charge in [-0.3, -0.25) is 4.79 Å². The third-order valence-electron chi connectivity index (χ3n) is 3.39. The largest absolute Gasteiger partial charge is 0.506 e. The van der Waals surface area contributed by atoms with E-state index in [9.17, 15) is 9.90 Å². The molecule has 0 aliphatic rings. The molecule has 0 aromatic heterocycles. The summed E-state index contributed by atoms with van der Waals surface area (Å²) in [7, 11) is 0. The molecule has 0 radical (unpaired) electrons. The van der Waals surface area contributed by atoms with E-state index >= 15 is 0 Å². The lowest BCUT2D eigenvalue weighted by Gasteiger charge is -2.08. The van der Waals surface area contributed by atoms with Gasteiger partial charge in [-0.15, -0.1) is 0 Å². The number of aldehydes is 1. The molecule has 0 fully saturated rings. The van der Waals surface area contributed by atoms with E-state index < -0.39 is 0 Å². The van der Waals surface area contributed by atoms with E-state index in [1.807, 2.05) is 24.3 Å². The average Bonchev–Trinajstić information content (AvgIpc) is 2.50. The third-order valence-corrected chi connectivity index (χ3v) is 4.12. The molecule has 0 spiro atoms. The van der Waals surface area contributed by atoms with Gasteiger partial charge in [-0.1, -0.05) is 47.5 Å². The Morgan fingerprint density at radius 1 is 0.905 bits per heavy atom. The number of rotatable bonds is 2. The Morgan fingerprint density at radius 3 is 2.33 bits per heavy atom. The van der Waals surface area contributed by atoms with E-state index in [4.69, 9.17) is 23.2 Å². The molecule has 21 heavy (non-hydrogen) atoms. The van der Waals surface area contributed by atoms with Gasteiger partial charge in [-0.2, -0.15) is 0 Å². The highest BCUT2D eigenvalue weighted by molar-refractivity contribution is 6.38. The Labute approximate surface area is 131 Å². The number of phenolic OH excluding ortho intramolecular Hbond substituents is 1. The monoisotopic (exact) mass is 316 g/mol. The van der Waals surface area contributed by atoms with Crippen molar-refractivity contribution in [3.05, 3.63) is 64.1 Å². The fourth-order valence-corrected chi connectivity index (χ4v) is 2.73. The number of benzene rings is 3. The highest BCUT2D eigenvalue weighted by Gasteiger charge is 2.07. The SMILES string of the molecule is O=Cc1ccc2cc(-c3ccc(O)c(Cl)c3)ccc2c1Cl. The lowest BCUT2D eigenvalue weighted by molar-refractivity contribution is 0.112. The average molecular weight is 317 g/mol. The maximum absolute atomic E-state index is 10.9. The number of aromatic hydroxyl groups is 1. The number of fused-ring (bicyclic) bond motifs is 1. The first kappa shape index (κ1) is 13.9. The quantitative estimate of drug-likeness (QED) is 0.648. The van der Waals surface area contributed by atoms with E-state index in [-0.39, 0.29) is 5.75 Å². The standard InChI is InChI=1S/C17H10Cl2O2/c18-15-8-11(4-6-16(15)21)10-3-5-14-12(7-10)1-2-13(9-20)17(14)19/h1-9,21H. The first-order valence-corrected chi connectivity index (χ1v) is 7.02. The second-order valence-corrected chi connectivity index (χ2v) is 5.47. The maximum Gasteiger partial charge on any atom is 0.151 e. The summed E-state index contributed by atoms with van der Waals surface area (Å²) in [6, 6.07) is 14.4. The van der Waals surface area contributed by atoms with Gasteiger partial charge in [0.25, 0.3) is 0 Å². The Hall–Kier alpha value is -2.03. The highest BCUT2D eigenvalue weighted by Crippen LogP contribution is 2.33. The molecular formula is C17H10Cl2O2. The van der Waals surface area contributed by atoms with E-state index in [0.717, 1.165) is 28.2 Å². The van der Waals surface area contributed by atoms with Crippen LogP contribution in [0.1, 0.15) is 10.4 Å². The van der Waals surface area contributed by atoms with E-state index in [1.54, 1.807) is 24.3 Å². The molecule has 0 aliphatic heterocycles. The first-order valence-electron chi connectivity index (χ1n) is 6.26. The topological polar surface area (TPSA) is 37.3 Å². The maximum atomic E-state index is 10.9. The van der Waals surface area contributed by atoms with Crippen molar-refractivity contribution in [2.75, 3.05) is 0 Å². The highest BCUT2D eigenvalue weighted by atomic mass is 35.5. The molecule has 4 heteroatoms. The Morgan fingerprint density at radius 2 is 1.62 bits per heavy atom. The zero-order valence-electron chi connectivity index (χ0n) is 10.8. The van der Waals surface area contributed by atoms with Crippen molar-refractivity contribution >= 4 is 40.3 Å². The molecular weight excluding hydrogens is 307 g/mol. The summed E-state index contributed by atoms with van der Waals surface area (Å²) in [4.78, 5) is 10.9. The van der Waals surface area contributed by atoms with Gasteiger partial charge in [0.2, 0.25) is 0 Å². The molecule has 0 saturated carbocycles. The summed E-state index contributed by atoms with van der Waals surface area (Å²) < 4.78 is 0. The molecule has 3 aromatic rings. The minimum atomic E-state index is 0.0554. The minimum absolute atomic E-state index is 0.0554. The fourth-order valence-electron chi connectivity index (χ4n) is 2.27. The van der Waals surface area contributed by atoms with Crippen LogP contribution in [0.15, 0.2) is 48.5 Å². The molecule has 0 unspecified atom stereocenters. The van der Waals surface area contributed by atoms with Crippen molar-refractivity contribution in [1.82, 2.24) is 0 Å². The lowest BCUT2D eigenvalue weighted by Crippen LogP contribution is -1.85. The van der Waals surface area contributed by atoms with Crippen LogP contribution < -0.4 is 0 Å². The summed E-state index contributed by atoms with van der Waals surface area (Å²) in [5.74, 6) is 0.0554. The van der Waals surface area contributed by atoms with Gasteiger partial charge in [-0.25, -0.2) is 0 Å². The normalized spacial score (nSPS) is 10.8. The van der Waals surface area contributed by atoms with Gasteiger partial charge in [0, 0.05) is 10.9 Å². The molecule has 0 aliphatic carbocycles. The lowest BCUT2D eigenvalue weighted by atomic mass is 10.00. The Balaban J connectivity index is 2.17. The van der Waals surface area contributed by atoms with Crippen LogP contribution in [0.4, 0.5) is 0 Å². The summed E-state index contributed by atoms with van der Waals surface area (Å²) in [5.41, 5.74) is 2.33. The fraction of sp³-hybridized carbons (Fsp3) is 0. The predicted octanol–water partition coefficient (Wildman–Crippen LogP) is 5.33. The number of hydrogen-bond donors (Lipinski definition) is 1. The van der Waals surface area contributed by atoms with Crippen LogP contribution in [0.25, 0.3) is 21.9 Å². The van der Waals surface area contributed by atoms with Gasteiger partial charge >= 0.3 is 0 Å². The molecule has 0 atom stereocenters. The van der Waals surface area contributed by atoms with Crippen LogP contribution in [0, 0.1) is 0 Å². The van der Waals surface area contributed by atoms with Crippen molar-refractivity contribution in [3.63, 3.8) is 0 Å². The zero-order valence-corrected chi connectivity index (χ0v) is 12.3. The number of carbonyl (C=O) groups excluding carboxylic acids is 1. The van der Waals surface area contributed by atoms with Crippen molar-refractivity contribution < 1.29 is 9.90 Å². The van der Waals surface area contributed by atoms with E-state index in [2.05, 4.69) is 0 Å². The molecule has 2 nitrogen and oxygen atoms in total. The van der Waals surface area contributed by atoms with Crippen LogP contribution in [0.5, 0.6) is 5.75 Å². The number of phenols is 1. The van der Waals surface area contributed by atoms with Crippen molar-refractivity contribution in [2.45, 2.75) is 0 Å². The van der Waals surface area contributed by atoms with E-state index in [1.165, 1.54) is 0 Å². The molecule has 3 rings (SSSR count). The molecule has 1 N–H and O–H groups in total. The summed E-state index contributed by atoms with van der Waals surface area (Å²) in [6.07, 6.45) is 0.745. The molecule has 3 aromatic carbocycles. The smallest absolute Gasteiger partial charge is 0.151 e.